The molecule has 4 heterocycles. The van der Waals surface area contributed by atoms with Gasteiger partial charge in [-0.15, -0.1) is 0 Å². The van der Waals surface area contributed by atoms with Gasteiger partial charge in [0.2, 0.25) is 12.2 Å². The van der Waals surface area contributed by atoms with Gasteiger partial charge in [-0.05, 0) is 11.1 Å². The summed E-state index contributed by atoms with van der Waals surface area (Å²) >= 11 is 0. The van der Waals surface area contributed by atoms with Crippen LogP contribution in [0.25, 0.3) is 11.1 Å². The summed E-state index contributed by atoms with van der Waals surface area (Å²) in [6.07, 6.45) is 11.1. The smallest absolute Gasteiger partial charge is 0.250 e. The molecule has 0 bridgehead atoms. The molecule has 2 aromatic rings. The van der Waals surface area contributed by atoms with Gasteiger partial charge in [0, 0.05) is 48.6 Å². The number of carbonyl (C=O) groups is 8. The van der Waals surface area contributed by atoms with E-state index in [9.17, 15) is 38.4 Å². The highest BCUT2D eigenvalue weighted by molar-refractivity contribution is 6.14. The highest BCUT2D eigenvalue weighted by atomic mass is 16.2. The first-order valence-corrected chi connectivity index (χ1v) is 12.3. The Bertz CT molecular complexity index is 1360. The van der Waals surface area contributed by atoms with Gasteiger partial charge in [0.1, 0.15) is 0 Å². The van der Waals surface area contributed by atoms with Gasteiger partial charge < -0.3 is 0 Å². The number of carbonyl (C=O) groups excluding carboxylic acids is 10. The van der Waals surface area contributed by atoms with Gasteiger partial charge in [-0.3, -0.25) is 59.6 Å². The molecule has 4 aliphatic heterocycles. The lowest BCUT2D eigenvalue weighted by Gasteiger charge is -1.98. The minimum absolute atomic E-state index is 0.329. The van der Waals surface area contributed by atoms with Crippen LogP contribution in [0.1, 0.15) is 0 Å². The van der Waals surface area contributed by atoms with E-state index in [1.54, 1.807) is 0 Å². The first-order valence-electron chi connectivity index (χ1n) is 12.3. The van der Waals surface area contributed by atoms with Gasteiger partial charge in [0.05, 0.1) is 0 Å². The molecule has 6 N–H and O–H groups in total. The number of imide groups is 4. The van der Waals surface area contributed by atoms with Gasteiger partial charge >= 0.3 is 0 Å². The Balaban J connectivity index is 0.000000537. The van der Waals surface area contributed by atoms with Crippen molar-refractivity contribution in [2.24, 2.45) is 0 Å². The summed E-state index contributed by atoms with van der Waals surface area (Å²) in [6.45, 7) is 0. The number of isocyanates is 2. The topological polar surface area (TPSA) is 267 Å². The molecule has 0 spiro atoms. The van der Waals surface area contributed by atoms with E-state index in [1.807, 2.05) is 33.4 Å². The normalized spacial score (nSPS) is 13.7. The summed E-state index contributed by atoms with van der Waals surface area (Å²) in [5, 5.41) is 18.9. The average Bonchev–Trinajstić information content (AvgIpc) is 3.82. The molecule has 0 radical (unpaired) electrons. The predicted octanol–water partition coefficient (Wildman–Crippen LogP) is -0.0485. The Morgan fingerprint density at radius 2 is 0.500 bits per heavy atom. The SMILES string of the molecule is N=C=O.N=C=O.O=C1C=CC(=O)N1.O=C1C=CC(=O)N1.O=C1C=CC(=O)N1.O=C1C=CC(=O)N1.c1ccc(-c2ccccc2)cc1. The lowest BCUT2D eigenvalue weighted by Crippen LogP contribution is -2.19. The molecular weight excluding hydrogens is 604 g/mol. The van der Waals surface area contributed by atoms with Crippen molar-refractivity contribution in [2.45, 2.75) is 0 Å². The fraction of sp³-hybridized carbons (Fsp3) is 0. The minimum Gasteiger partial charge on any atom is -0.289 e. The van der Waals surface area contributed by atoms with Gasteiger partial charge in [-0.2, -0.15) is 0 Å². The van der Waals surface area contributed by atoms with Crippen LogP contribution in [0.15, 0.2) is 109 Å². The Kier molecular flexibility index (Phi) is 19.6. The van der Waals surface area contributed by atoms with Crippen LogP contribution in [0, 0.1) is 10.8 Å². The first-order chi connectivity index (χ1) is 21.9. The summed E-state index contributed by atoms with van der Waals surface area (Å²) < 4.78 is 0. The highest BCUT2D eigenvalue weighted by Gasteiger charge is 2.08. The largest absolute Gasteiger partial charge is 0.289 e. The summed E-state index contributed by atoms with van der Waals surface area (Å²) in [5.74, 6) is -2.63. The molecule has 16 heteroatoms. The Labute approximate surface area is 259 Å². The molecule has 0 fully saturated rings. The van der Waals surface area contributed by atoms with Gasteiger partial charge in [0.25, 0.3) is 47.3 Å². The zero-order valence-electron chi connectivity index (χ0n) is 23.5. The monoisotopic (exact) mass is 628 g/mol. The quantitative estimate of drug-likeness (QED) is 0.139. The second-order valence-corrected chi connectivity index (χ2v) is 7.68. The van der Waals surface area contributed by atoms with Crippen LogP contribution in [-0.4, -0.2) is 59.4 Å². The highest BCUT2D eigenvalue weighted by Crippen LogP contribution is 2.17. The third-order valence-corrected chi connectivity index (χ3v) is 4.41. The molecule has 0 aliphatic carbocycles. The van der Waals surface area contributed by atoms with Crippen LogP contribution in [0.4, 0.5) is 0 Å². The third kappa shape index (κ3) is 19.7. The number of nitrogens with one attached hydrogen (secondary N) is 6. The number of hydrogen-bond donors (Lipinski definition) is 6. The van der Waals surface area contributed by atoms with Crippen LogP contribution in [0.2, 0.25) is 0 Å². The molecule has 0 saturated heterocycles. The first kappa shape index (κ1) is 38.7. The molecule has 2 aromatic carbocycles. The van der Waals surface area contributed by atoms with Crippen LogP contribution in [-0.2, 0) is 47.9 Å². The maximum atomic E-state index is 10.0. The molecule has 0 aromatic heterocycles. The Morgan fingerprint density at radius 1 is 0.348 bits per heavy atom. The maximum Gasteiger partial charge on any atom is 0.250 e. The fourth-order valence-electron chi connectivity index (χ4n) is 2.69. The summed E-state index contributed by atoms with van der Waals surface area (Å²) in [7, 11) is 0. The lowest BCUT2D eigenvalue weighted by atomic mass is 10.1. The average molecular weight is 629 g/mol. The molecule has 234 valence electrons. The van der Waals surface area contributed by atoms with E-state index in [4.69, 9.17) is 20.4 Å². The van der Waals surface area contributed by atoms with E-state index in [-0.39, 0.29) is 47.3 Å². The van der Waals surface area contributed by atoms with Crippen molar-refractivity contribution < 1.29 is 47.9 Å². The molecule has 0 saturated carbocycles. The van der Waals surface area contributed by atoms with Gasteiger partial charge in [0.15, 0.2) is 0 Å². The number of benzene rings is 2. The van der Waals surface area contributed by atoms with E-state index < -0.39 is 0 Å². The minimum atomic E-state index is -0.329. The summed E-state index contributed by atoms with van der Waals surface area (Å²) in [4.78, 5) is 97.0. The van der Waals surface area contributed by atoms with E-state index in [0.29, 0.717) is 0 Å². The predicted molar refractivity (Wildman–Crippen MR) is 158 cm³/mol. The molecule has 4 aliphatic rings. The van der Waals surface area contributed by atoms with Crippen LogP contribution >= 0.6 is 0 Å². The van der Waals surface area contributed by atoms with Crippen molar-refractivity contribution >= 4 is 59.4 Å². The van der Waals surface area contributed by atoms with Crippen LogP contribution < -0.4 is 21.3 Å². The summed E-state index contributed by atoms with van der Waals surface area (Å²) in [6, 6.07) is 20.8. The van der Waals surface area contributed by atoms with E-state index >= 15 is 0 Å². The second-order valence-electron chi connectivity index (χ2n) is 7.68. The van der Waals surface area contributed by atoms with Gasteiger partial charge in [-0.25, -0.2) is 20.4 Å². The lowest BCUT2D eigenvalue weighted by molar-refractivity contribution is -0.125. The molecule has 16 nitrogen and oxygen atoms in total. The zero-order chi connectivity index (χ0) is 34.7. The van der Waals surface area contributed by atoms with Crippen molar-refractivity contribution in [3.8, 4) is 11.1 Å². The van der Waals surface area contributed by atoms with Crippen LogP contribution in [0.5, 0.6) is 0 Å². The summed E-state index contributed by atoms with van der Waals surface area (Å²) in [5.41, 5.74) is 2.55. The van der Waals surface area contributed by atoms with Crippen molar-refractivity contribution in [3.63, 3.8) is 0 Å². The second kappa shape index (κ2) is 23.3. The third-order valence-electron chi connectivity index (χ3n) is 4.41. The fourth-order valence-corrected chi connectivity index (χ4v) is 2.69. The van der Waals surface area contributed by atoms with Crippen molar-refractivity contribution in [3.05, 3.63) is 109 Å². The van der Waals surface area contributed by atoms with E-state index in [1.165, 1.54) is 59.7 Å². The maximum absolute atomic E-state index is 10.0. The van der Waals surface area contributed by atoms with Gasteiger partial charge in [-0.1, -0.05) is 60.7 Å². The van der Waals surface area contributed by atoms with Crippen molar-refractivity contribution in [1.29, 1.82) is 10.8 Å². The number of amides is 8. The van der Waals surface area contributed by atoms with E-state index in [0.717, 1.165) is 12.2 Å². The number of hydrogen-bond acceptors (Lipinski definition) is 12. The Morgan fingerprint density at radius 3 is 0.609 bits per heavy atom. The van der Waals surface area contributed by atoms with Crippen LogP contribution in [0.3, 0.4) is 0 Å². The number of rotatable bonds is 1. The zero-order valence-corrected chi connectivity index (χ0v) is 23.5. The van der Waals surface area contributed by atoms with Crippen molar-refractivity contribution in [2.75, 3.05) is 0 Å². The molecular formula is C30H24N6O10. The molecule has 8 amide bonds. The van der Waals surface area contributed by atoms with E-state index in [2.05, 4.69) is 48.5 Å². The Hall–Kier alpha value is -7.28. The van der Waals surface area contributed by atoms with Crippen molar-refractivity contribution in [1.82, 2.24) is 21.3 Å². The molecule has 0 unspecified atom stereocenters. The molecule has 46 heavy (non-hydrogen) atoms. The standard InChI is InChI=1S/C12H10.4C4H3NO2.2CHNO/c1-3-7-11(8-4-1)12-9-5-2-6-10-12;4*6-3-1-2-4(7)5-3;2*2-1-3/h1-10H;4*1-2H,(H,5,6,7);2*2H. The molecule has 6 rings (SSSR count). The molecule has 0 atom stereocenters.